The van der Waals surface area contributed by atoms with Crippen molar-refractivity contribution < 1.29 is 14.0 Å². The Bertz CT molecular complexity index is 1990. The molecular weight excluding hydrogens is 587 g/mol. The van der Waals surface area contributed by atoms with E-state index in [4.69, 9.17) is 10.7 Å². The number of benzene rings is 1. The van der Waals surface area contributed by atoms with Crippen molar-refractivity contribution in [1.29, 1.82) is 0 Å². The number of thiophene rings is 1. The molecule has 0 saturated heterocycles. The maximum absolute atomic E-state index is 13.9. The minimum Gasteiger partial charge on any atom is -0.377 e. The zero-order chi connectivity index (χ0) is 31.5. The molecule has 1 aliphatic heterocycles. The van der Waals surface area contributed by atoms with Crippen molar-refractivity contribution in [3.63, 3.8) is 0 Å². The van der Waals surface area contributed by atoms with E-state index in [-0.39, 0.29) is 29.2 Å². The highest BCUT2D eigenvalue weighted by Crippen LogP contribution is 2.46. The van der Waals surface area contributed by atoms with Crippen LogP contribution in [0.15, 0.2) is 60.9 Å². The van der Waals surface area contributed by atoms with Gasteiger partial charge in [-0.1, -0.05) is 32.0 Å². The predicted octanol–water partition coefficient (Wildman–Crippen LogP) is 6.49. The molecule has 1 aliphatic carbocycles. The third kappa shape index (κ3) is 5.12. The molecule has 0 saturated carbocycles. The lowest BCUT2D eigenvalue weighted by atomic mass is 9.86. The molecule has 0 radical (unpaired) electrons. The maximum Gasteiger partial charge on any atom is 0.254 e. The molecule has 10 heteroatoms. The van der Waals surface area contributed by atoms with Gasteiger partial charge in [-0.05, 0) is 73.6 Å². The number of hydrogen-bond donors (Lipinski definition) is 3. The van der Waals surface area contributed by atoms with Crippen molar-refractivity contribution in [1.82, 2.24) is 20.3 Å². The summed E-state index contributed by atoms with van der Waals surface area (Å²) in [6, 6.07) is 14.3. The zero-order valence-corrected chi connectivity index (χ0v) is 26.1. The van der Waals surface area contributed by atoms with Gasteiger partial charge >= 0.3 is 0 Å². The van der Waals surface area contributed by atoms with E-state index in [2.05, 4.69) is 40.5 Å². The number of nitrogens with two attached hydrogens (primary N) is 1. The average molecular weight is 621 g/mol. The summed E-state index contributed by atoms with van der Waals surface area (Å²) in [5.41, 5.74) is 12.3. The molecule has 4 aromatic heterocycles. The van der Waals surface area contributed by atoms with E-state index in [1.807, 2.05) is 31.3 Å². The monoisotopic (exact) mass is 620 g/mol. The van der Waals surface area contributed by atoms with Crippen LogP contribution in [0.3, 0.4) is 0 Å². The molecule has 2 aliphatic rings. The van der Waals surface area contributed by atoms with E-state index in [1.54, 1.807) is 18.3 Å². The fraction of sp³-hybridized carbons (Fsp3) is 0.286. The van der Waals surface area contributed by atoms with E-state index in [9.17, 15) is 14.0 Å². The van der Waals surface area contributed by atoms with E-state index in [0.29, 0.717) is 35.4 Å². The van der Waals surface area contributed by atoms with Crippen LogP contribution in [0.25, 0.3) is 20.7 Å². The van der Waals surface area contributed by atoms with Gasteiger partial charge in [0.2, 0.25) is 0 Å². The maximum atomic E-state index is 13.9. The molecule has 1 aromatic carbocycles. The number of anilines is 1. The Balaban J connectivity index is 1.39. The third-order valence-electron chi connectivity index (χ3n) is 8.69. The lowest BCUT2D eigenvalue weighted by molar-refractivity contribution is 0.0935. The first kappa shape index (κ1) is 29.0. The number of amides is 2. The SMILES string of the molecule is CC(C)Cc1nc2c(c(-c3cc4nccc(NC5CCc6ncccc65)c4s3)c1C(N)=O)C(=O)NC2(C)Cc1ccc(F)cc1. The number of nitrogens with one attached hydrogen (secondary N) is 2. The van der Waals surface area contributed by atoms with Crippen molar-refractivity contribution >= 4 is 39.1 Å². The normalized spacial score (nSPS) is 18.7. The van der Waals surface area contributed by atoms with Crippen molar-refractivity contribution in [2.75, 3.05) is 5.32 Å². The van der Waals surface area contributed by atoms with Crippen molar-refractivity contribution in [3.05, 3.63) is 106 Å². The molecule has 45 heavy (non-hydrogen) atoms. The molecule has 5 heterocycles. The summed E-state index contributed by atoms with van der Waals surface area (Å²) >= 11 is 1.48. The van der Waals surface area contributed by atoms with Gasteiger partial charge in [0.25, 0.3) is 11.8 Å². The molecule has 5 aromatic rings. The van der Waals surface area contributed by atoms with Crippen LogP contribution < -0.4 is 16.4 Å². The Hall–Kier alpha value is -4.70. The van der Waals surface area contributed by atoms with Crippen LogP contribution in [-0.4, -0.2) is 26.8 Å². The fourth-order valence-electron chi connectivity index (χ4n) is 6.74. The number of carbonyl (C=O) groups excluding carboxylic acids is 2. The molecule has 0 bridgehead atoms. The average Bonchev–Trinajstić information content (AvgIpc) is 3.68. The van der Waals surface area contributed by atoms with Crippen LogP contribution in [0.5, 0.6) is 0 Å². The van der Waals surface area contributed by atoms with Crippen LogP contribution in [0, 0.1) is 11.7 Å². The second-order valence-electron chi connectivity index (χ2n) is 12.5. The molecule has 0 fully saturated rings. The van der Waals surface area contributed by atoms with Crippen molar-refractivity contribution in [2.24, 2.45) is 11.7 Å². The van der Waals surface area contributed by atoms with Gasteiger partial charge in [0.15, 0.2) is 0 Å². The highest BCUT2D eigenvalue weighted by Gasteiger charge is 2.44. The number of hydrogen-bond acceptors (Lipinski definition) is 7. The molecule has 8 nitrogen and oxygen atoms in total. The quantitative estimate of drug-likeness (QED) is 0.182. The molecule has 4 N–H and O–H groups in total. The zero-order valence-electron chi connectivity index (χ0n) is 25.3. The van der Waals surface area contributed by atoms with Gasteiger partial charge in [-0.15, -0.1) is 11.3 Å². The molecule has 2 atom stereocenters. The molecular formula is C35H33FN6O2S. The van der Waals surface area contributed by atoms with Crippen molar-refractivity contribution in [3.8, 4) is 10.4 Å². The summed E-state index contributed by atoms with van der Waals surface area (Å²) in [7, 11) is 0. The number of aromatic nitrogens is 3. The minimum atomic E-state index is -0.882. The number of fused-ring (bicyclic) bond motifs is 3. The summed E-state index contributed by atoms with van der Waals surface area (Å²) in [4.78, 5) is 42.0. The second kappa shape index (κ2) is 11.0. The van der Waals surface area contributed by atoms with E-state index in [0.717, 1.165) is 44.9 Å². The minimum absolute atomic E-state index is 0.117. The number of rotatable bonds is 8. The number of halogens is 1. The molecule has 7 rings (SSSR count). The van der Waals surface area contributed by atoms with Gasteiger partial charge in [0, 0.05) is 34.9 Å². The van der Waals surface area contributed by atoms with Gasteiger partial charge in [-0.3, -0.25) is 24.5 Å². The highest BCUT2D eigenvalue weighted by atomic mass is 32.1. The Morgan fingerprint density at radius 3 is 2.71 bits per heavy atom. The first-order valence-electron chi connectivity index (χ1n) is 15.1. The van der Waals surface area contributed by atoms with Crippen LogP contribution >= 0.6 is 11.3 Å². The smallest absolute Gasteiger partial charge is 0.254 e. The van der Waals surface area contributed by atoms with E-state index in [1.165, 1.54) is 29.0 Å². The van der Waals surface area contributed by atoms with Crippen LogP contribution in [0.2, 0.25) is 0 Å². The summed E-state index contributed by atoms with van der Waals surface area (Å²) < 4.78 is 14.6. The summed E-state index contributed by atoms with van der Waals surface area (Å²) in [5, 5.41) is 6.85. The number of aryl methyl sites for hydroxylation is 1. The van der Waals surface area contributed by atoms with E-state index >= 15 is 0 Å². The molecule has 2 unspecified atom stereocenters. The predicted molar refractivity (Wildman–Crippen MR) is 174 cm³/mol. The Morgan fingerprint density at radius 1 is 1.16 bits per heavy atom. The van der Waals surface area contributed by atoms with Gasteiger partial charge < -0.3 is 16.4 Å². The third-order valence-corrected chi connectivity index (χ3v) is 9.86. The number of nitrogens with zero attached hydrogens (tertiary/aromatic N) is 3. The summed E-state index contributed by atoms with van der Waals surface area (Å²) in [6.45, 7) is 6.03. The molecule has 0 spiro atoms. The summed E-state index contributed by atoms with van der Waals surface area (Å²) in [6.07, 6.45) is 6.34. The Labute approximate surface area is 264 Å². The first-order chi connectivity index (χ1) is 21.6. The van der Waals surface area contributed by atoms with E-state index < -0.39 is 11.4 Å². The van der Waals surface area contributed by atoms with Crippen LogP contribution in [0.1, 0.15) is 82.2 Å². The highest BCUT2D eigenvalue weighted by molar-refractivity contribution is 7.22. The first-order valence-corrected chi connectivity index (χ1v) is 16.0. The van der Waals surface area contributed by atoms with Gasteiger partial charge in [0.05, 0.1) is 50.0 Å². The fourth-order valence-corrected chi connectivity index (χ4v) is 7.89. The van der Waals surface area contributed by atoms with Crippen molar-refractivity contribution in [2.45, 2.75) is 58.0 Å². The lowest BCUT2D eigenvalue weighted by Crippen LogP contribution is -2.39. The molecule has 228 valence electrons. The molecule has 2 amide bonds. The largest absolute Gasteiger partial charge is 0.377 e. The number of pyridine rings is 3. The van der Waals surface area contributed by atoms with Gasteiger partial charge in [-0.2, -0.15) is 0 Å². The Kier molecular flexibility index (Phi) is 7.12. The summed E-state index contributed by atoms with van der Waals surface area (Å²) in [5.74, 6) is -1.10. The Morgan fingerprint density at radius 2 is 1.96 bits per heavy atom. The standard InChI is InChI=1S/C35H33FN6O2S/c1-18(2)15-25-28(33(37)43)29(30-32(41-25)35(3,42-34(30)44)17-19-6-8-20(36)9-7-19)27-16-26-31(45-27)24(12-14-39-26)40-23-11-10-22-21(23)5-4-13-38-22/h4-9,12-14,16,18,23H,10-11,15,17H2,1-3H3,(H2,37,43)(H,39,40)(H,42,44). The second-order valence-corrected chi connectivity index (χ2v) is 13.6. The number of primary amides is 1. The van der Waals surface area contributed by atoms with Gasteiger partial charge in [-0.25, -0.2) is 4.39 Å². The van der Waals surface area contributed by atoms with Crippen LogP contribution in [-0.2, 0) is 24.8 Å². The number of carbonyl (C=O) groups is 2. The lowest BCUT2D eigenvalue weighted by Gasteiger charge is -2.26. The topological polar surface area (TPSA) is 123 Å². The van der Waals surface area contributed by atoms with Gasteiger partial charge in [0.1, 0.15) is 5.82 Å². The van der Waals surface area contributed by atoms with Crippen LogP contribution in [0.4, 0.5) is 10.1 Å².